The van der Waals surface area contributed by atoms with Crippen molar-refractivity contribution in [3.05, 3.63) is 113 Å². The molecule has 8 nitrogen and oxygen atoms in total. The molecule has 2 aromatic heterocycles. The van der Waals surface area contributed by atoms with E-state index in [1.54, 1.807) is 28.9 Å². The summed E-state index contributed by atoms with van der Waals surface area (Å²) < 4.78 is 18.3. The van der Waals surface area contributed by atoms with Crippen LogP contribution < -0.4 is 10.1 Å². The van der Waals surface area contributed by atoms with E-state index in [-0.39, 0.29) is 18.3 Å². The number of furan rings is 1. The smallest absolute Gasteiger partial charge is 0.338 e. The van der Waals surface area contributed by atoms with Gasteiger partial charge in [0, 0.05) is 0 Å². The molecule has 0 aliphatic rings. The number of benzene rings is 3. The normalized spacial score (nSPS) is 10.9. The zero-order valence-corrected chi connectivity index (χ0v) is 21.4. The second-order valence-electron chi connectivity index (χ2n) is 8.87. The number of aryl methyl sites for hydroxylation is 1. The Kier molecular flexibility index (Phi) is 6.95. The van der Waals surface area contributed by atoms with E-state index in [1.807, 2.05) is 68.4 Å². The minimum atomic E-state index is -0.408. The summed E-state index contributed by atoms with van der Waals surface area (Å²) in [6.45, 7) is 4.23. The summed E-state index contributed by atoms with van der Waals surface area (Å²) in [5, 5.41) is 9.70. The number of nitrogens with one attached hydrogen (secondary N) is 1. The van der Waals surface area contributed by atoms with Gasteiger partial charge in [-0.25, -0.2) is 4.79 Å². The van der Waals surface area contributed by atoms with Gasteiger partial charge in [-0.05, 0) is 60.5 Å². The van der Waals surface area contributed by atoms with Crippen molar-refractivity contribution in [2.75, 3.05) is 12.4 Å². The van der Waals surface area contributed by atoms with Gasteiger partial charge in [0.2, 0.25) is 0 Å². The molecule has 5 rings (SSSR count). The van der Waals surface area contributed by atoms with Crippen molar-refractivity contribution in [3.8, 4) is 5.75 Å². The van der Waals surface area contributed by atoms with Crippen molar-refractivity contribution in [3.63, 3.8) is 0 Å². The van der Waals surface area contributed by atoms with Gasteiger partial charge in [0.15, 0.2) is 5.76 Å². The molecular weight excluding hydrogens is 482 g/mol. The van der Waals surface area contributed by atoms with Crippen molar-refractivity contribution in [2.45, 2.75) is 27.0 Å². The van der Waals surface area contributed by atoms with Gasteiger partial charge in [-0.3, -0.25) is 9.48 Å². The van der Waals surface area contributed by atoms with E-state index in [4.69, 9.17) is 13.9 Å². The van der Waals surface area contributed by atoms with Crippen molar-refractivity contribution >= 4 is 28.3 Å². The highest BCUT2D eigenvalue weighted by Gasteiger charge is 2.19. The molecule has 0 saturated carbocycles. The van der Waals surface area contributed by atoms with E-state index < -0.39 is 5.97 Å². The van der Waals surface area contributed by atoms with Crippen LogP contribution in [0.25, 0.3) is 10.8 Å². The Morgan fingerprint density at radius 1 is 0.947 bits per heavy atom. The minimum absolute atomic E-state index is 0.171. The number of carbonyl (C=O) groups is 2. The van der Waals surface area contributed by atoms with Gasteiger partial charge in [-0.1, -0.05) is 48.5 Å². The van der Waals surface area contributed by atoms with Gasteiger partial charge < -0.3 is 19.2 Å². The summed E-state index contributed by atoms with van der Waals surface area (Å²) >= 11 is 0. The summed E-state index contributed by atoms with van der Waals surface area (Å²) in [5.41, 5.74) is 3.24. The third-order valence-corrected chi connectivity index (χ3v) is 6.35. The van der Waals surface area contributed by atoms with Gasteiger partial charge in [0.05, 0.1) is 36.3 Å². The van der Waals surface area contributed by atoms with E-state index in [1.165, 1.54) is 7.11 Å². The van der Waals surface area contributed by atoms with Gasteiger partial charge in [0.25, 0.3) is 5.91 Å². The van der Waals surface area contributed by atoms with Crippen LogP contribution >= 0.6 is 0 Å². The molecular formula is C30H27N3O5. The number of fused-ring (bicyclic) bond motifs is 1. The minimum Gasteiger partial charge on any atom is -0.486 e. The molecule has 0 spiro atoms. The first-order valence-electron chi connectivity index (χ1n) is 12.1. The number of amides is 1. The van der Waals surface area contributed by atoms with Crippen molar-refractivity contribution < 1.29 is 23.5 Å². The first-order valence-corrected chi connectivity index (χ1v) is 12.1. The van der Waals surface area contributed by atoms with Crippen LogP contribution in [0.3, 0.4) is 0 Å². The quantitative estimate of drug-likeness (QED) is 0.261. The predicted molar refractivity (Wildman–Crippen MR) is 144 cm³/mol. The van der Waals surface area contributed by atoms with Crippen LogP contribution in [0.4, 0.5) is 5.69 Å². The highest BCUT2D eigenvalue weighted by molar-refractivity contribution is 6.03. The molecule has 0 atom stereocenters. The number of anilines is 1. The lowest BCUT2D eigenvalue weighted by Crippen LogP contribution is -2.13. The Morgan fingerprint density at radius 3 is 2.53 bits per heavy atom. The van der Waals surface area contributed by atoms with E-state index in [2.05, 4.69) is 10.4 Å². The molecule has 0 fully saturated rings. The fourth-order valence-electron chi connectivity index (χ4n) is 4.32. The fraction of sp³-hybridized carbons (Fsp3) is 0.167. The summed E-state index contributed by atoms with van der Waals surface area (Å²) in [7, 11) is 1.35. The molecule has 3 aromatic carbocycles. The lowest BCUT2D eigenvalue weighted by Gasteiger charge is -2.10. The number of hydrogen-bond donors (Lipinski definition) is 1. The lowest BCUT2D eigenvalue weighted by atomic mass is 10.1. The Labute approximate surface area is 219 Å². The third kappa shape index (κ3) is 5.15. The number of hydrogen-bond acceptors (Lipinski definition) is 6. The molecule has 192 valence electrons. The maximum absolute atomic E-state index is 13.0. The van der Waals surface area contributed by atoms with Crippen LogP contribution in [0.1, 0.15) is 43.6 Å². The molecule has 0 aliphatic carbocycles. The summed E-state index contributed by atoms with van der Waals surface area (Å²) in [4.78, 5) is 25.1. The van der Waals surface area contributed by atoms with E-state index in [0.717, 1.165) is 27.8 Å². The number of nitrogens with zero attached hydrogens (tertiary/aromatic N) is 2. The molecule has 0 radical (unpaired) electrons. The number of aromatic nitrogens is 2. The maximum atomic E-state index is 13.0. The SMILES string of the molecule is COC(=O)c1ccccc1Cn1nc(C)c(NC(=O)c2ccc(COc3ccc4ccccc4c3)o2)c1C. The maximum Gasteiger partial charge on any atom is 0.338 e. The van der Waals surface area contributed by atoms with Crippen LogP contribution in [0, 0.1) is 13.8 Å². The number of methoxy groups -OCH3 is 1. The molecule has 0 aliphatic heterocycles. The first-order chi connectivity index (χ1) is 18.4. The second kappa shape index (κ2) is 10.6. The fourth-order valence-corrected chi connectivity index (χ4v) is 4.32. The molecule has 0 saturated heterocycles. The molecule has 38 heavy (non-hydrogen) atoms. The van der Waals surface area contributed by atoms with Gasteiger partial charge in [-0.15, -0.1) is 0 Å². The van der Waals surface area contributed by atoms with Crippen molar-refractivity contribution in [2.24, 2.45) is 0 Å². The number of rotatable bonds is 8. The highest BCUT2D eigenvalue weighted by Crippen LogP contribution is 2.24. The summed E-state index contributed by atoms with van der Waals surface area (Å²) in [6, 6.07) is 24.5. The highest BCUT2D eigenvalue weighted by atomic mass is 16.5. The van der Waals surface area contributed by atoms with Gasteiger partial charge in [-0.2, -0.15) is 5.10 Å². The monoisotopic (exact) mass is 509 g/mol. The number of carbonyl (C=O) groups excluding carboxylic acids is 2. The third-order valence-electron chi connectivity index (χ3n) is 6.35. The Hall–Kier alpha value is -4.85. The van der Waals surface area contributed by atoms with Crippen molar-refractivity contribution in [1.82, 2.24) is 9.78 Å². The summed E-state index contributed by atoms with van der Waals surface area (Å²) in [6.07, 6.45) is 0. The first kappa shape index (κ1) is 24.8. The number of esters is 1. The van der Waals surface area contributed by atoms with Crippen LogP contribution in [-0.2, 0) is 17.9 Å². The Balaban J connectivity index is 1.26. The van der Waals surface area contributed by atoms with E-state index >= 15 is 0 Å². The van der Waals surface area contributed by atoms with Crippen LogP contribution in [0.2, 0.25) is 0 Å². The van der Waals surface area contributed by atoms with Crippen LogP contribution in [-0.4, -0.2) is 28.8 Å². The standard InChI is InChI=1S/C30H27N3O5/c1-19-28(20(2)33(32-19)17-23-10-6-7-11-26(23)30(35)36-3)31-29(34)27-15-14-25(38-27)18-37-24-13-12-21-8-4-5-9-22(21)16-24/h4-16H,17-18H2,1-3H3,(H,31,34). The van der Waals surface area contributed by atoms with E-state index in [0.29, 0.717) is 29.2 Å². The predicted octanol–water partition coefficient (Wildman–Crippen LogP) is 5.91. The Bertz CT molecular complexity index is 1630. The molecule has 0 bridgehead atoms. The average molecular weight is 510 g/mol. The average Bonchev–Trinajstić information content (AvgIpc) is 3.52. The molecule has 2 heterocycles. The number of ether oxygens (including phenoxy) is 2. The molecule has 1 N–H and O–H groups in total. The topological polar surface area (TPSA) is 95.6 Å². The largest absolute Gasteiger partial charge is 0.486 e. The lowest BCUT2D eigenvalue weighted by molar-refractivity contribution is 0.0599. The molecule has 1 amide bonds. The summed E-state index contributed by atoms with van der Waals surface area (Å²) in [5.74, 6) is 0.631. The van der Waals surface area contributed by atoms with Crippen LogP contribution in [0.15, 0.2) is 83.3 Å². The van der Waals surface area contributed by atoms with Crippen LogP contribution in [0.5, 0.6) is 5.75 Å². The van der Waals surface area contributed by atoms with Gasteiger partial charge >= 0.3 is 5.97 Å². The zero-order chi connectivity index (χ0) is 26.6. The second-order valence-corrected chi connectivity index (χ2v) is 8.87. The Morgan fingerprint density at radius 2 is 1.71 bits per heavy atom. The molecule has 5 aromatic rings. The van der Waals surface area contributed by atoms with E-state index in [9.17, 15) is 9.59 Å². The molecule has 8 heteroatoms. The molecule has 0 unspecified atom stereocenters. The van der Waals surface area contributed by atoms with Gasteiger partial charge in [0.1, 0.15) is 18.1 Å². The zero-order valence-electron chi connectivity index (χ0n) is 21.4. The van der Waals surface area contributed by atoms with Crippen molar-refractivity contribution in [1.29, 1.82) is 0 Å².